The number of benzene rings is 8. The third-order valence-corrected chi connectivity index (χ3v) is 11.9. The summed E-state index contributed by atoms with van der Waals surface area (Å²) in [6.45, 7) is 0. The zero-order valence-corrected chi connectivity index (χ0v) is 30.3. The van der Waals surface area contributed by atoms with Gasteiger partial charge < -0.3 is 4.42 Å². The summed E-state index contributed by atoms with van der Waals surface area (Å²) >= 11 is 0. The van der Waals surface area contributed by atoms with Gasteiger partial charge in [-0.2, -0.15) is 0 Å². The molecule has 8 aromatic carbocycles. The number of hydrogen-bond donors (Lipinski definition) is 0. The van der Waals surface area contributed by atoms with E-state index in [-0.39, 0.29) is 0 Å². The average Bonchev–Trinajstić information content (AvgIpc) is 3.76. The van der Waals surface area contributed by atoms with Gasteiger partial charge in [-0.3, -0.25) is 0 Å². The van der Waals surface area contributed by atoms with Crippen LogP contribution >= 0.6 is 0 Å². The summed E-state index contributed by atoms with van der Waals surface area (Å²) in [7, 11) is 0. The van der Waals surface area contributed by atoms with Crippen molar-refractivity contribution in [1.29, 1.82) is 0 Å². The first-order chi connectivity index (χ1) is 27.8. The highest BCUT2D eigenvalue weighted by Crippen LogP contribution is 2.61. The van der Waals surface area contributed by atoms with Gasteiger partial charge in [-0.1, -0.05) is 164 Å². The Balaban J connectivity index is 1.10. The van der Waals surface area contributed by atoms with Gasteiger partial charge >= 0.3 is 0 Å². The van der Waals surface area contributed by atoms with E-state index in [2.05, 4.69) is 176 Å². The van der Waals surface area contributed by atoms with E-state index in [1.54, 1.807) is 0 Å². The van der Waals surface area contributed by atoms with Gasteiger partial charge in [0.05, 0.1) is 16.8 Å². The molecule has 0 amide bonds. The molecule has 10 aromatic rings. The second kappa shape index (κ2) is 11.8. The van der Waals surface area contributed by atoms with Gasteiger partial charge in [-0.25, -0.2) is 9.97 Å². The van der Waals surface area contributed by atoms with Gasteiger partial charge in [0.15, 0.2) is 5.82 Å². The van der Waals surface area contributed by atoms with Crippen molar-refractivity contribution >= 4 is 21.9 Å². The molecule has 56 heavy (non-hydrogen) atoms. The molecule has 260 valence electrons. The van der Waals surface area contributed by atoms with E-state index in [0.29, 0.717) is 5.82 Å². The van der Waals surface area contributed by atoms with Gasteiger partial charge in [0, 0.05) is 27.5 Å². The van der Waals surface area contributed by atoms with Crippen LogP contribution in [0.1, 0.15) is 22.3 Å². The van der Waals surface area contributed by atoms with Gasteiger partial charge in [0.1, 0.15) is 11.2 Å². The first-order valence-electron chi connectivity index (χ1n) is 19.2. The van der Waals surface area contributed by atoms with Crippen molar-refractivity contribution in [2.45, 2.75) is 5.41 Å². The van der Waals surface area contributed by atoms with E-state index in [0.717, 1.165) is 50.0 Å². The third-order valence-electron chi connectivity index (χ3n) is 11.9. The predicted molar refractivity (Wildman–Crippen MR) is 227 cm³/mol. The van der Waals surface area contributed by atoms with Crippen LogP contribution in [0.2, 0.25) is 0 Å². The molecule has 2 aromatic heterocycles. The highest BCUT2D eigenvalue weighted by molar-refractivity contribution is 6.06. The fourth-order valence-corrected chi connectivity index (χ4v) is 9.56. The summed E-state index contributed by atoms with van der Waals surface area (Å²) in [6, 6.07) is 69.8. The molecule has 2 aliphatic rings. The molecule has 3 nitrogen and oxygen atoms in total. The second-order valence-electron chi connectivity index (χ2n) is 14.8. The molecule has 2 aliphatic carbocycles. The number of furan rings is 1. The highest BCUT2D eigenvalue weighted by Gasteiger charge is 2.49. The van der Waals surface area contributed by atoms with Gasteiger partial charge in [0.25, 0.3) is 0 Å². The first-order valence-corrected chi connectivity index (χ1v) is 19.2. The van der Waals surface area contributed by atoms with Gasteiger partial charge in [0.2, 0.25) is 0 Å². The fourth-order valence-electron chi connectivity index (χ4n) is 9.56. The minimum Gasteiger partial charge on any atom is -0.456 e. The molecule has 12 rings (SSSR count). The van der Waals surface area contributed by atoms with Gasteiger partial charge in [-0.05, 0) is 86.0 Å². The van der Waals surface area contributed by atoms with Crippen LogP contribution in [-0.2, 0) is 5.41 Å². The molecule has 0 fully saturated rings. The molecule has 0 unspecified atom stereocenters. The van der Waals surface area contributed by atoms with Crippen molar-refractivity contribution < 1.29 is 4.42 Å². The van der Waals surface area contributed by atoms with E-state index in [4.69, 9.17) is 14.4 Å². The maximum atomic E-state index is 6.32. The summed E-state index contributed by atoms with van der Waals surface area (Å²) in [5, 5.41) is 2.21. The van der Waals surface area contributed by atoms with Crippen molar-refractivity contribution in [3.8, 4) is 67.3 Å². The fraction of sp³-hybridized carbons (Fsp3) is 0.0189. The van der Waals surface area contributed by atoms with Crippen molar-refractivity contribution in [2.24, 2.45) is 0 Å². The summed E-state index contributed by atoms with van der Waals surface area (Å²) in [5.41, 5.74) is 18.5. The molecular formula is C53H32N2O. The lowest BCUT2D eigenvalue weighted by Crippen LogP contribution is -2.29. The normalized spacial score (nSPS) is 13.1. The molecule has 1 spiro atoms. The standard InChI is InChI=1S/C53H32N2O/c1-2-14-33(15-3-1)48-32-49(34-26-28-42-41-21-9-13-25-50(41)56-51(42)31-34)55-52(54-48)35-27-29-47-43(30-35)40-20-8-12-24-46(40)53(47)44-22-10-6-18-38(44)36-16-4-5-17-37(36)39-19-7-11-23-45(39)53/h1-32H. The lowest BCUT2D eigenvalue weighted by Gasteiger charge is -2.35. The summed E-state index contributed by atoms with van der Waals surface area (Å²) in [5.74, 6) is 0.682. The molecule has 0 aliphatic heterocycles. The number of aromatic nitrogens is 2. The van der Waals surface area contributed by atoms with Crippen LogP contribution in [0, 0.1) is 0 Å². The predicted octanol–water partition coefficient (Wildman–Crippen LogP) is 13.4. The van der Waals surface area contributed by atoms with Crippen molar-refractivity contribution in [3.63, 3.8) is 0 Å². The van der Waals surface area contributed by atoms with E-state index in [1.165, 1.54) is 55.6 Å². The van der Waals surface area contributed by atoms with E-state index in [9.17, 15) is 0 Å². The largest absolute Gasteiger partial charge is 0.456 e. The monoisotopic (exact) mass is 712 g/mol. The molecular weight excluding hydrogens is 681 g/mol. The Morgan fingerprint density at radius 1 is 0.321 bits per heavy atom. The van der Waals surface area contributed by atoms with Crippen LogP contribution in [0.5, 0.6) is 0 Å². The average molecular weight is 713 g/mol. The quantitative estimate of drug-likeness (QED) is 0.183. The maximum absolute atomic E-state index is 6.32. The third kappa shape index (κ3) is 4.34. The smallest absolute Gasteiger partial charge is 0.160 e. The number of para-hydroxylation sites is 1. The van der Waals surface area contributed by atoms with Crippen molar-refractivity contribution in [3.05, 3.63) is 216 Å². The molecule has 0 radical (unpaired) electrons. The Labute approximate surface area is 324 Å². The van der Waals surface area contributed by atoms with E-state index in [1.807, 2.05) is 18.2 Å². The maximum Gasteiger partial charge on any atom is 0.160 e. The Bertz CT molecular complexity index is 3140. The summed E-state index contributed by atoms with van der Waals surface area (Å²) < 4.78 is 6.32. The van der Waals surface area contributed by atoms with Crippen LogP contribution in [0.4, 0.5) is 0 Å². The van der Waals surface area contributed by atoms with Crippen LogP contribution in [0.3, 0.4) is 0 Å². The van der Waals surface area contributed by atoms with Crippen LogP contribution in [0.25, 0.3) is 89.2 Å². The molecule has 0 saturated heterocycles. The number of nitrogens with zero attached hydrogens (tertiary/aromatic N) is 2. The Kier molecular flexibility index (Phi) is 6.55. The minimum absolute atomic E-state index is 0.531. The molecule has 0 N–H and O–H groups in total. The molecule has 0 bridgehead atoms. The second-order valence-corrected chi connectivity index (χ2v) is 14.8. The summed E-state index contributed by atoms with van der Waals surface area (Å²) in [4.78, 5) is 10.6. The SMILES string of the molecule is c1ccc(-c2cc(-c3ccc4c(c3)oc3ccccc34)nc(-c3ccc4c(c3)-c3ccccc3C43c4ccccc4-c4ccccc4-c4ccccc43)n2)cc1. The molecule has 0 saturated carbocycles. The Morgan fingerprint density at radius 2 is 0.821 bits per heavy atom. The number of rotatable bonds is 3. The number of hydrogen-bond acceptors (Lipinski definition) is 3. The Morgan fingerprint density at radius 3 is 1.50 bits per heavy atom. The van der Waals surface area contributed by atoms with E-state index >= 15 is 0 Å². The van der Waals surface area contributed by atoms with Crippen molar-refractivity contribution in [2.75, 3.05) is 0 Å². The van der Waals surface area contributed by atoms with Gasteiger partial charge in [-0.15, -0.1) is 0 Å². The lowest BCUT2D eigenvalue weighted by atomic mass is 9.66. The first kappa shape index (κ1) is 31.0. The van der Waals surface area contributed by atoms with Crippen LogP contribution < -0.4 is 0 Å². The topological polar surface area (TPSA) is 38.9 Å². The molecule has 3 heteroatoms. The van der Waals surface area contributed by atoms with Crippen LogP contribution in [-0.4, -0.2) is 9.97 Å². The number of fused-ring (bicyclic) bond motifs is 15. The summed E-state index contributed by atoms with van der Waals surface area (Å²) in [6.07, 6.45) is 0. The van der Waals surface area contributed by atoms with Crippen LogP contribution in [0.15, 0.2) is 199 Å². The van der Waals surface area contributed by atoms with Crippen molar-refractivity contribution in [1.82, 2.24) is 9.97 Å². The lowest BCUT2D eigenvalue weighted by molar-refractivity contribution is 0.669. The zero-order valence-electron chi connectivity index (χ0n) is 30.3. The Hall–Kier alpha value is -7.36. The van der Waals surface area contributed by atoms with E-state index < -0.39 is 5.41 Å². The highest BCUT2D eigenvalue weighted by atomic mass is 16.3. The zero-order chi connectivity index (χ0) is 36.8. The molecule has 2 heterocycles. The minimum atomic E-state index is -0.531. The molecule has 0 atom stereocenters.